The average molecular weight is 437 g/mol. The van der Waals surface area contributed by atoms with Crippen LogP contribution in [0.5, 0.6) is 0 Å². The van der Waals surface area contributed by atoms with Crippen LogP contribution in [0.1, 0.15) is 27.4 Å². The normalized spacial score (nSPS) is 10.7. The first-order chi connectivity index (χ1) is 12.5. The van der Waals surface area contributed by atoms with E-state index >= 15 is 0 Å². The van der Waals surface area contributed by atoms with Crippen LogP contribution in [0.25, 0.3) is 0 Å². The van der Waals surface area contributed by atoms with Crippen LogP contribution in [-0.2, 0) is 17.1 Å². The number of halogens is 2. The standard InChI is InChI=1S/C18H14BrFN2O3S/c1-11-7-14(22-25-11)10-26-17-15(3-2-6-21-17)18(23)24-9-12-4-5-13(19)8-16(12)20/h2-8H,9-10H2,1H3. The Bertz CT molecular complexity index is 932. The molecule has 0 saturated carbocycles. The number of aromatic nitrogens is 2. The van der Waals surface area contributed by atoms with Gasteiger partial charge in [0.2, 0.25) is 0 Å². The zero-order valence-corrected chi connectivity index (χ0v) is 16.1. The monoisotopic (exact) mass is 436 g/mol. The first-order valence-corrected chi connectivity index (χ1v) is 9.42. The molecule has 26 heavy (non-hydrogen) atoms. The zero-order valence-electron chi connectivity index (χ0n) is 13.7. The van der Waals surface area contributed by atoms with Crippen LogP contribution in [0.3, 0.4) is 0 Å². The van der Waals surface area contributed by atoms with E-state index in [-0.39, 0.29) is 6.61 Å². The first-order valence-electron chi connectivity index (χ1n) is 7.64. The number of esters is 1. The molecule has 0 radical (unpaired) electrons. The molecule has 0 aliphatic carbocycles. The number of carbonyl (C=O) groups is 1. The average Bonchev–Trinajstić information content (AvgIpc) is 3.04. The van der Waals surface area contributed by atoms with E-state index in [0.717, 1.165) is 11.5 Å². The highest BCUT2D eigenvalue weighted by molar-refractivity contribution is 9.10. The topological polar surface area (TPSA) is 65.2 Å². The third-order valence-corrected chi connectivity index (χ3v) is 4.93. The second-order valence-electron chi connectivity index (χ2n) is 5.39. The van der Waals surface area contributed by atoms with E-state index < -0.39 is 11.8 Å². The highest BCUT2D eigenvalue weighted by Crippen LogP contribution is 2.25. The van der Waals surface area contributed by atoms with Gasteiger partial charge in [-0.2, -0.15) is 0 Å². The molecule has 0 fully saturated rings. The van der Waals surface area contributed by atoms with E-state index in [1.807, 2.05) is 13.0 Å². The van der Waals surface area contributed by atoms with Crippen molar-refractivity contribution < 1.29 is 18.4 Å². The number of carbonyl (C=O) groups excluding carboxylic acids is 1. The van der Waals surface area contributed by atoms with Gasteiger partial charge < -0.3 is 9.26 Å². The third kappa shape index (κ3) is 4.70. The minimum Gasteiger partial charge on any atom is -0.457 e. The second-order valence-corrected chi connectivity index (χ2v) is 7.27. The number of thioether (sulfide) groups is 1. The molecular weight excluding hydrogens is 423 g/mol. The largest absolute Gasteiger partial charge is 0.457 e. The fourth-order valence-corrected chi connectivity index (χ4v) is 3.35. The molecule has 0 saturated heterocycles. The Kier molecular flexibility index (Phi) is 6.05. The summed E-state index contributed by atoms with van der Waals surface area (Å²) in [6, 6.07) is 9.69. The van der Waals surface area contributed by atoms with Gasteiger partial charge in [0.25, 0.3) is 0 Å². The highest BCUT2D eigenvalue weighted by Gasteiger charge is 2.16. The van der Waals surface area contributed by atoms with Crippen LogP contribution < -0.4 is 0 Å². The van der Waals surface area contributed by atoms with E-state index in [9.17, 15) is 9.18 Å². The van der Waals surface area contributed by atoms with Crippen molar-refractivity contribution in [3.05, 3.63) is 75.5 Å². The van der Waals surface area contributed by atoms with Crippen LogP contribution >= 0.6 is 27.7 Å². The quantitative estimate of drug-likeness (QED) is 0.403. The molecule has 3 rings (SSSR count). The van der Waals surface area contributed by atoms with Crippen molar-refractivity contribution >= 4 is 33.7 Å². The Morgan fingerprint density at radius 2 is 2.19 bits per heavy atom. The molecule has 0 aliphatic rings. The molecule has 0 spiro atoms. The number of hydrogen-bond acceptors (Lipinski definition) is 6. The van der Waals surface area contributed by atoms with Crippen molar-refractivity contribution in [2.24, 2.45) is 0 Å². The number of pyridine rings is 1. The summed E-state index contributed by atoms with van der Waals surface area (Å²) in [6.45, 7) is 1.66. The van der Waals surface area contributed by atoms with Gasteiger partial charge in [0.05, 0.1) is 11.3 Å². The fourth-order valence-electron chi connectivity index (χ4n) is 2.15. The summed E-state index contributed by atoms with van der Waals surface area (Å²) in [4.78, 5) is 16.6. The second kappa shape index (κ2) is 8.46. The molecule has 2 heterocycles. The Hall–Kier alpha value is -2.19. The summed E-state index contributed by atoms with van der Waals surface area (Å²) in [5, 5.41) is 4.44. The van der Waals surface area contributed by atoms with Crippen molar-refractivity contribution in [1.29, 1.82) is 0 Å². The smallest absolute Gasteiger partial charge is 0.341 e. The molecular formula is C18H14BrFN2O3S. The zero-order chi connectivity index (χ0) is 18.5. The SMILES string of the molecule is Cc1cc(CSc2ncccc2C(=O)OCc2ccc(Br)cc2F)no1. The fraction of sp³-hybridized carbons (Fsp3) is 0.167. The summed E-state index contributed by atoms with van der Waals surface area (Å²) in [5.41, 5.74) is 1.39. The van der Waals surface area contributed by atoms with Crippen molar-refractivity contribution in [1.82, 2.24) is 10.1 Å². The third-order valence-electron chi connectivity index (χ3n) is 3.40. The Balaban J connectivity index is 1.67. The van der Waals surface area contributed by atoms with Crippen molar-refractivity contribution in [3.63, 3.8) is 0 Å². The molecule has 3 aromatic rings. The lowest BCUT2D eigenvalue weighted by Crippen LogP contribution is -2.08. The molecule has 8 heteroatoms. The lowest BCUT2D eigenvalue weighted by atomic mass is 10.2. The maximum atomic E-state index is 13.8. The van der Waals surface area contributed by atoms with Crippen molar-refractivity contribution in [2.45, 2.75) is 24.3 Å². The van der Waals surface area contributed by atoms with Gasteiger partial charge in [-0.1, -0.05) is 38.9 Å². The maximum Gasteiger partial charge on any atom is 0.341 e. The lowest BCUT2D eigenvalue weighted by molar-refractivity contribution is 0.0464. The number of ether oxygens (including phenoxy) is 1. The number of nitrogens with zero attached hydrogens (tertiary/aromatic N) is 2. The predicted molar refractivity (Wildman–Crippen MR) is 98.3 cm³/mol. The summed E-state index contributed by atoms with van der Waals surface area (Å²) >= 11 is 4.54. The molecule has 0 aliphatic heterocycles. The molecule has 0 N–H and O–H groups in total. The number of aryl methyl sites for hydroxylation is 1. The summed E-state index contributed by atoms with van der Waals surface area (Å²) in [5.74, 6) is 0.238. The van der Waals surface area contributed by atoms with Gasteiger partial charge in [-0.05, 0) is 31.2 Å². The summed E-state index contributed by atoms with van der Waals surface area (Å²) < 4.78 is 24.7. The summed E-state index contributed by atoms with van der Waals surface area (Å²) in [7, 11) is 0. The molecule has 0 unspecified atom stereocenters. The van der Waals surface area contributed by atoms with E-state index in [4.69, 9.17) is 9.26 Å². The maximum absolute atomic E-state index is 13.8. The minimum absolute atomic E-state index is 0.153. The summed E-state index contributed by atoms with van der Waals surface area (Å²) in [6.07, 6.45) is 1.60. The molecule has 134 valence electrons. The van der Waals surface area contributed by atoms with Crippen molar-refractivity contribution in [2.75, 3.05) is 0 Å². The Labute approximate surface area is 162 Å². The van der Waals surface area contributed by atoms with Crippen LogP contribution in [0.4, 0.5) is 4.39 Å². The van der Waals surface area contributed by atoms with Crippen LogP contribution in [0.15, 0.2) is 56.6 Å². The molecule has 0 amide bonds. The number of benzene rings is 1. The molecule has 1 aromatic carbocycles. The van der Waals surface area contributed by atoms with Gasteiger partial charge in [-0.3, -0.25) is 0 Å². The Morgan fingerprint density at radius 3 is 2.92 bits per heavy atom. The van der Waals surface area contributed by atoms with Crippen molar-refractivity contribution in [3.8, 4) is 0 Å². The lowest BCUT2D eigenvalue weighted by Gasteiger charge is -2.09. The van der Waals surface area contributed by atoms with Gasteiger partial charge in [-0.15, -0.1) is 0 Å². The number of rotatable bonds is 6. The van der Waals surface area contributed by atoms with E-state index in [0.29, 0.717) is 26.4 Å². The first kappa shape index (κ1) is 18.6. The van der Waals surface area contributed by atoms with Gasteiger partial charge >= 0.3 is 5.97 Å². The Morgan fingerprint density at radius 1 is 1.35 bits per heavy atom. The molecule has 0 bridgehead atoms. The van der Waals surface area contributed by atoms with Gasteiger partial charge in [0, 0.05) is 28.1 Å². The molecule has 0 atom stereocenters. The van der Waals surface area contributed by atoms with Gasteiger partial charge in [-0.25, -0.2) is 14.2 Å². The van der Waals surface area contributed by atoms with E-state index in [2.05, 4.69) is 26.1 Å². The minimum atomic E-state index is -0.556. The van der Waals surface area contributed by atoms with Gasteiger partial charge in [0.15, 0.2) is 0 Å². The van der Waals surface area contributed by atoms with Crippen LogP contribution in [0, 0.1) is 12.7 Å². The van der Waals surface area contributed by atoms with Crippen LogP contribution in [-0.4, -0.2) is 16.1 Å². The van der Waals surface area contributed by atoms with E-state index in [1.165, 1.54) is 17.8 Å². The highest BCUT2D eigenvalue weighted by atomic mass is 79.9. The predicted octanol–water partition coefficient (Wildman–Crippen LogP) is 4.93. The van der Waals surface area contributed by atoms with Crippen LogP contribution in [0.2, 0.25) is 0 Å². The number of hydrogen-bond donors (Lipinski definition) is 0. The van der Waals surface area contributed by atoms with E-state index in [1.54, 1.807) is 30.5 Å². The molecule has 5 nitrogen and oxygen atoms in total. The molecule has 2 aromatic heterocycles. The van der Waals surface area contributed by atoms with Gasteiger partial charge in [0.1, 0.15) is 23.2 Å².